The van der Waals surface area contributed by atoms with Crippen molar-refractivity contribution in [2.24, 2.45) is 0 Å². The number of rotatable bonds is 2. The van der Waals surface area contributed by atoms with E-state index in [1.54, 1.807) is 36.2 Å². The van der Waals surface area contributed by atoms with E-state index in [1.165, 1.54) is 0 Å². The summed E-state index contributed by atoms with van der Waals surface area (Å²) in [4.78, 5) is 25.6. The largest absolute Gasteiger partial charge is 0.369 e. The average molecular weight is 305 g/mol. The summed E-state index contributed by atoms with van der Waals surface area (Å²) in [6.07, 6.45) is 0.00475. The molecule has 1 atom stereocenters. The first-order valence-corrected chi connectivity index (χ1v) is 7.36. The van der Waals surface area contributed by atoms with E-state index >= 15 is 0 Å². The number of carbonyl (C=O) groups is 2. The predicted octanol–water partition coefficient (Wildman–Crippen LogP) is 2.08. The Morgan fingerprint density at radius 3 is 2.45 bits per heavy atom. The number of nitrogens with one attached hydrogen (secondary N) is 2. The van der Waals surface area contributed by atoms with Gasteiger partial charge >= 0.3 is 6.03 Å². The van der Waals surface area contributed by atoms with Crippen LogP contribution in [0.1, 0.15) is 31.1 Å². The van der Waals surface area contributed by atoms with E-state index in [9.17, 15) is 9.59 Å². The number of ether oxygens (including phenoxy) is 1. The Kier molecular flexibility index (Phi) is 4.71. The van der Waals surface area contributed by atoms with Crippen LogP contribution in [0.5, 0.6) is 0 Å². The zero-order valence-corrected chi connectivity index (χ0v) is 13.5. The van der Waals surface area contributed by atoms with Crippen molar-refractivity contribution >= 4 is 17.6 Å². The van der Waals surface area contributed by atoms with E-state index in [2.05, 4.69) is 10.6 Å². The van der Waals surface area contributed by atoms with E-state index in [-0.39, 0.29) is 23.6 Å². The molecular weight excluding hydrogens is 282 g/mol. The van der Waals surface area contributed by atoms with E-state index in [4.69, 9.17) is 4.74 Å². The molecule has 1 aromatic rings. The fraction of sp³-hybridized carbons (Fsp3) is 0.500. The second-order valence-electron chi connectivity index (χ2n) is 6.16. The van der Waals surface area contributed by atoms with Crippen LogP contribution in [-0.2, 0) is 4.74 Å². The second kappa shape index (κ2) is 6.36. The molecule has 0 radical (unpaired) electrons. The van der Waals surface area contributed by atoms with Gasteiger partial charge in [0.1, 0.15) is 0 Å². The van der Waals surface area contributed by atoms with Crippen LogP contribution in [0.25, 0.3) is 0 Å². The first-order chi connectivity index (χ1) is 10.3. The van der Waals surface area contributed by atoms with Crippen LogP contribution in [0.4, 0.5) is 10.5 Å². The standard InChI is InChI=1S/C16H23N3O3/c1-11-9-19(10-16(2,3)22-11)15(21)18-13-7-5-12(6-8-13)14(20)17-4/h5-8,11H,9-10H2,1-4H3,(H,17,20)(H,18,21). The molecular formula is C16H23N3O3. The minimum atomic E-state index is -0.349. The Labute approximate surface area is 130 Å². The summed E-state index contributed by atoms with van der Waals surface area (Å²) >= 11 is 0. The molecule has 1 aliphatic heterocycles. The van der Waals surface area contributed by atoms with Crippen molar-refractivity contribution in [3.05, 3.63) is 29.8 Å². The third kappa shape index (κ3) is 3.98. The highest BCUT2D eigenvalue weighted by Gasteiger charge is 2.33. The highest BCUT2D eigenvalue weighted by atomic mass is 16.5. The van der Waals surface area contributed by atoms with Gasteiger partial charge in [0.15, 0.2) is 0 Å². The first kappa shape index (κ1) is 16.3. The minimum absolute atomic E-state index is 0.00475. The molecule has 0 aromatic heterocycles. The molecule has 1 aliphatic rings. The molecule has 1 fully saturated rings. The van der Waals surface area contributed by atoms with Crippen molar-refractivity contribution in [2.45, 2.75) is 32.5 Å². The summed E-state index contributed by atoms with van der Waals surface area (Å²) in [6, 6.07) is 6.64. The fourth-order valence-corrected chi connectivity index (χ4v) is 2.66. The Morgan fingerprint density at radius 2 is 1.91 bits per heavy atom. The van der Waals surface area contributed by atoms with Crippen LogP contribution in [0, 0.1) is 0 Å². The van der Waals surface area contributed by atoms with Gasteiger partial charge in [-0.15, -0.1) is 0 Å². The summed E-state index contributed by atoms with van der Waals surface area (Å²) in [7, 11) is 1.58. The molecule has 0 bridgehead atoms. The zero-order chi connectivity index (χ0) is 16.3. The number of anilines is 1. The lowest BCUT2D eigenvalue weighted by Crippen LogP contribution is -2.54. The molecule has 0 saturated carbocycles. The van der Waals surface area contributed by atoms with E-state index in [0.29, 0.717) is 24.3 Å². The number of carbonyl (C=O) groups excluding carboxylic acids is 2. The van der Waals surface area contributed by atoms with Gasteiger partial charge in [0, 0.05) is 24.8 Å². The molecule has 6 heteroatoms. The normalized spacial score (nSPS) is 20.4. The highest BCUT2D eigenvalue weighted by molar-refractivity contribution is 5.95. The number of amides is 3. The van der Waals surface area contributed by atoms with Gasteiger partial charge in [0.2, 0.25) is 0 Å². The lowest BCUT2D eigenvalue weighted by molar-refractivity contribution is -0.116. The van der Waals surface area contributed by atoms with Gasteiger partial charge < -0.3 is 20.3 Å². The van der Waals surface area contributed by atoms with Gasteiger partial charge in [0.05, 0.1) is 18.2 Å². The lowest BCUT2D eigenvalue weighted by Gasteiger charge is -2.41. The second-order valence-corrected chi connectivity index (χ2v) is 6.16. The molecule has 120 valence electrons. The van der Waals surface area contributed by atoms with Crippen molar-refractivity contribution in [3.63, 3.8) is 0 Å². The highest BCUT2D eigenvalue weighted by Crippen LogP contribution is 2.21. The molecule has 2 N–H and O–H groups in total. The van der Waals surface area contributed by atoms with E-state index in [0.717, 1.165) is 0 Å². The van der Waals surface area contributed by atoms with Gasteiger partial charge in [-0.25, -0.2) is 4.79 Å². The number of hydrogen-bond acceptors (Lipinski definition) is 3. The summed E-state index contributed by atoms with van der Waals surface area (Å²) in [5, 5.41) is 5.41. The monoisotopic (exact) mass is 305 g/mol. The van der Waals surface area contributed by atoms with Gasteiger partial charge in [-0.1, -0.05) is 0 Å². The maximum absolute atomic E-state index is 12.4. The zero-order valence-electron chi connectivity index (χ0n) is 13.5. The Morgan fingerprint density at radius 1 is 1.27 bits per heavy atom. The van der Waals surface area contributed by atoms with Crippen molar-refractivity contribution < 1.29 is 14.3 Å². The number of morpholine rings is 1. The summed E-state index contributed by atoms with van der Waals surface area (Å²) in [5.41, 5.74) is 0.870. The molecule has 0 aliphatic carbocycles. The quantitative estimate of drug-likeness (QED) is 0.879. The van der Waals surface area contributed by atoms with Gasteiger partial charge in [-0.3, -0.25) is 4.79 Å². The minimum Gasteiger partial charge on any atom is -0.369 e. The van der Waals surface area contributed by atoms with Crippen LogP contribution in [0.2, 0.25) is 0 Å². The molecule has 22 heavy (non-hydrogen) atoms. The molecule has 3 amide bonds. The lowest BCUT2D eigenvalue weighted by atomic mass is 10.1. The van der Waals surface area contributed by atoms with Crippen molar-refractivity contribution in [2.75, 3.05) is 25.5 Å². The number of hydrogen-bond donors (Lipinski definition) is 2. The van der Waals surface area contributed by atoms with Gasteiger partial charge in [-0.2, -0.15) is 0 Å². The Hall–Kier alpha value is -2.08. The van der Waals surface area contributed by atoms with Crippen LogP contribution in [0.3, 0.4) is 0 Å². The third-order valence-corrected chi connectivity index (χ3v) is 3.48. The maximum Gasteiger partial charge on any atom is 0.322 e. The van der Waals surface area contributed by atoms with Gasteiger partial charge in [0.25, 0.3) is 5.91 Å². The molecule has 2 rings (SSSR count). The number of benzene rings is 1. The first-order valence-electron chi connectivity index (χ1n) is 7.36. The average Bonchev–Trinajstić information content (AvgIpc) is 2.45. The number of urea groups is 1. The maximum atomic E-state index is 12.4. The summed E-state index contributed by atoms with van der Waals surface area (Å²) in [5.74, 6) is -0.151. The third-order valence-electron chi connectivity index (χ3n) is 3.48. The smallest absolute Gasteiger partial charge is 0.322 e. The van der Waals surface area contributed by atoms with Crippen molar-refractivity contribution in [1.82, 2.24) is 10.2 Å². The van der Waals surface area contributed by atoms with Crippen LogP contribution >= 0.6 is 0 Å². The molecule has 1 aromatic carbocycles. The predicted molar refractivity (Wildman–Crippen MR) is 85.0 cm³/mol. The van der Waals surface area contributed by atoms with Crippen molar-refractivity contribution in [1.29, 1.82) is 0 Å². The molecule has 1 unspecified atom stereocenters. The summed E-state index contributed by atoms with van der Waals surface area (Å²) < 4.78 is 5.79. The molecule has 1 heterocycles. The van der Waals surface area contributed by atoms with Gasteiger partial charge in [-0.05, 0) is 45.0 Å². The molecule has 6 nitrogen and oxygen atoms in total. The number of nitrogens with zero attached hydrogens (tertiary/aromatic N) is 1. The Balaban J connectivity index is 2.01. The summed E-state index contributed by atoms with van der Waals surface area (Å²) in [6.45, 7) is 7.01. The van der Waals surface area contributed by atoms with Crippen LogP contribution in [0.15, 0.2) is 24.3 Å². The molecule has 0 spiro atoms. The molecule has 1 saturated heterocycles. The van der Waals surface area contributed by atoms with Crippen LogP contribution in [-0.4, -0.2) is 48.7 Å². The fourth-order valence-electron chi connectivity index (χ4n) is 2.66. The topological polar surface area (TPSA) is 70.7 Å². The Bertz CT molecular complexity index is 554. The van der Waals surface area contributed by atoms with Crippen molar-refractivity contribution in [3.8, 4) is 0 Å². The van der Waals surface area contributed by atoms with Crippen LogP contribution < -0.4 is 10.6 Å². The van der Waals surface area contributed by atoms with E-state index < -0.39 is 0 Å². The van der Waals surface area contributed by atoms with E-state index in [1.807, 2.05) is 20.8 Å². The SMILES string of the molecule is CNC(=O)c1ccc(NC(=O)N2CC(C)OC(C)(C)C2)cc1.